The molecular formula is C27H31N5O5. The largest absolute Gasteiger partial charge is 0.378 e. The molecule has 0 bridgehead atoms. The minimum absolute atomic E-state index is 0.142. The number of benzene rings is 2. The molecule has 0 radical (unpaired) electrons. The van der Waals surface area contributed by atoms with E-state index >= 15 is 0 Å². The van der Waals surface area contributed by atoms with Crippen molar-refractivity contribution in [3.8, 4) is 0 Å². The fourth-order valence-electron chi connectivity index (χ4n) is 5.11. The first-order valence-electron chi connectivity index (χ1n) is 12.6. The number of imide groups is 1. The minimum atomic E-state index is -0.640. The number of morpholine rings is 1. The summed E-state index contributed by atoms with van der Waals surface area (Å²) >= 11 is 0. The molecule has 10 heteroatoms. The number of carbonyl (C=O) groups is 4. The topological polar surface area (TPSA) is 120 Å². The molecule has 0 aliphatic carbocycles. The predicted molar refractivity (Wildman–Crippen MR) is 137 cm³/mol. The van der Waals surface area contributed by atoms with Gasteiger partial charge in [-0.1, -0.05) is 12.1 Å². The summed E-state index contributed by atoms with van der Waals surface area (Å²) in [5.41, 5.74) is 5.45. The van der Waals surface area contributed by atoms with Crippen molar-refractivity contribution >= 4 is 35.0 Å². The molecule has 0 aromatic heterocycles. The average molecular weight is 506 g/mol. The van der Waals surface area contributed by atoms with Gasteiger partial charge in [-0.2, -0.15) is 0 Å². The van der Waals surface area contributed by atoms with Gasteiger partial charge in [0.2, 0.25) is 17.7 Å². The maximum absolute atomic E-state index is 12.8. The Bertz CT molecular complexity index is 1240. The van der Waals surface area contributed by atoms with Crippen LogP contribution in [-0.2, 0) is 32.2 Å². The van der Waals surface area contributed by atoms with Crippen molar-refractivity contribution in [2.24, 2.45) is 0 Å². The molecule has 1 atom stereocenters. The third kappa shape index (κ3) is 5.43. The predicted octanol–water partition coefficient (Wildman–Crippen LogP) is 1.32. The van der Waals surface area contributed by atoms with E-state index in [4.69, 9.17) is 4.74 Å². The third-order valence-corrected chi connectivity index (χ3v) is 7.08. The van der Waals surface area contributed by atoms with Gasteiger partial charge in [-0.3, -0.25) is 24.5 Å². The summed E-state index contributed by atoms with van der Waals surface area (Å²) in [4.78, 5) is 52.8. The number of amides is 4. The number of nitrogens with one attached hydrogen (secondary N) is 3. The molecular weight excluding hydrogens is 474 g/mol. The average Bonchev–Trinajstić information content (AvgIpc) is 3.22. The van der Waals surface area contributed by atoms with E-state index in [1.54, 1.807) is 6.07 Å². The molecule has 3 aliphatic rings. The Balaban J connectivity index is 1.12. The number of rotatable bonds is 7. The molecule has 2 fully saturated rings. The van der Waals surface area contributed by atoms with Crippen LogP contribution < -0.4 is 20.9 Å². The molecule has 10 nitrogen and oxygen atoms in total. The second kappa shape index (κ2) is 10.6. The van der Waals surface area contributed by atoms with Gasteiger partial charge in [-0.05, 0) is 54.3 Å². The van der Waals surface area contributed by atoms with Crippen LogP contribution in [0.25, 0.3) is 0 Å². The van der Waals surface area contributed by atoms with E-state index in [1.165, 1.54) is 10.6 Å². The van der Waals surface area contributed by atoms with Gasteiger partial charge >= 0.3 is 0 Å². The van der Waals surface area contributed by atoms with Gasteiger partial charge in [-0.15, -0.1) is 0 Å². The zero-order valence-corrected chi connectivity index (χ0v) is 20.8. The lowest BCUT2D eigenvalue weighted by Gasteiger charge is -2.30. The quantitative estimate of drug-likeness (QED) is 0.486. The summed E-state index contributed by atoms with van der Waals surface area (Å²) in [7, 11) is 0. The second-order valence-electron chi connectivity index (χ2n) is 9.62. The Morgan fingerprint density at radius 1 is 1.11 bits per heavy atom. The number of carbonyl (C=O) groups excluding carboxylic acids is 4. The van der Waals surface area contributed by atoms with Crippen molar-refractivity contribution in [3.63, 3.8) is 0 Å². The summed E-state index contributed by atoms with van der Waals surface area (Å²) in [6.07, 6.45) is 0.551. The van der Waals surface area contributed by atoms with Crippen molar-refractivity contribution in [2.75, 3.05) is 43.1 Å². The molecule has 2 saturated heterocycles. The van der Waals surface area contributed by atoms with Gasteiger partial charge in [0.1, 0.15) is 6.04 Å². The van der Waals surface area contributed by atoms with E-state index in [-0.39, 0.29) is 30.7 Å². The monoisotopic (exact) mass is 505 g/mol. The number of fused-ring (bicyclic) bond motifs is 1. The van der Waals surface area contributed by atoms with E-state index in [0.29, 0.717) is 25.1 Å². The minimum Gasteiger partial charge on any atom is -0.378 e. The van der Waals surface area contributed by atoms with E-state index in [2.05, 4.69) is 33.8 Å². The Kier molecular flexibility index (Phi) is 7.09. The van der Waals surface area contributed by atoms with E-state index in [9.17, 15) is 19.2 Å². The Morgan fingerprint density at radius 3 is 2.68 bits per heavy atom. The Labute approximate surface area is 215 Å². The second-order valence-corrected chi connectivity index (χ2v) is 9.62. The number of piperidine rings is 1. The molecule has 2 aromatic carbocycles. The van der Waals surface area contributed by atoms with Gasteiger partial charge in [0, 0.05) is 49.5 Å². The van der Waals surface area contributed by atoms with Crippen LogP contribution in [0.5, 0.6) is 0 Å². The molecule has 3 heterocycles. The number of ether oxygens (including phenoxy) is 1. The van der Waals surface area contributed by atoms with Crippen molar-refractivity contribution < 1.29 is 23.9 Å². The Morgan fingerprint density at radius 2 is 1.92 bits per heavy atom. The molecule has 0 saturated carbocycles. The first-order chi connectivity index (χ1) is 17.9. The van der Waals surface area contributed by atoms with E-state index in [0.717, 1.165) is 48.7 Å². The first kappa shape index (κ1) is 24.8. The fraction of sp³-hybridized carbons (Fsp3) is 0.407. The lowest BCUT2D eigenvalue weighted by atomic mass is 10.0. The van der Waals surface area contributed by atoms with Crippen LogP contribution >= 0.6 is 0 Å². The molecule has 1 unspecified atom stereocenters. The lowest BCUT2D eigenvalue weighted by Crippen LogP contribution is -2.52. The molecule has 0 spiro atoms. The van der Waals surface area contributed by atoms with Gasteiger partial charge in [-0.25, -0.2) is 0 Å². The highest BCUT2D eigenvalue weighted by Crippen LogP contribution is 2.28. The Hall–Kier alpha value is -3.92. The molecule has 2 aromatic rings. The van der Waals surface area contributed by atoms with Gasteiger partial charge in [0.15, 0.2) is 0 Å². The highest BCUT2D eigenvalue weighted by molar-refractivity contribution is 6.05. The number of nitrogens with zero attached hydrogens (tertiary/aromatic N) is 2. The molecule has 3 N–H and O–H groups in total. The summed E-state index contributed by atoms with van der Waals surface area (Å²) in [6, 6.07) is 10.9. The smallest absolute Gasteiger partial charge is 0.255 e. The first-order valence-corrected chi connectivity index (χ1v) is 12.6. The normalized spacial score (nSPS) is 19.5. The van der Waals surface area contributed by atoms with Crippen LogP contribution in [0.4, 0.5) is 11.4 Å². The van der Waals surface area contributed by atoms with Gasteiger partial charge < -0.3 is 25.2 Å². The van der Waals surface area contributed by atoms with Crippen LogP contribution in [0, 0.1) is 6.92 Å². The van der Waals surface area contributed by atoms with Crippen LogP contribution in [0.1, 0.15) is 39.9 Å². The van der Waals surface area contributed by atoms with Crippen molar-refractivity contribution in [1.29, 1.82) is 0 Å². The number of hydrogen-bond donors (Lipinski definition) is 3. The standard InChI is InChI=1S/C27H31N5O5/c1-17-12-20(3-5-22(17)31-8-10-37-11-9-31)28-15-25(34)29-14-18-2-4-21-19(13-18)16-32(27(21)36)23-6-7-24(33)30-26(23)35/h2-5,12-13,23,28H,6-11,14-16H2,1H3,(H,29,34)(H,30,33,35). The highest BCUT2D eigenvalue weighted by atomic mass is 16.5. The number of hydrogen-bond acceptors (Lipinski definition) is 7. The highest BCUT2D eigenvalue weighted by Gasteiger charge is 2.39. The summed E-state index contributed by atoms with van der Waals surface area (Å²) < 4.78 is 5.43. The zero-order valence-electron chi connectivity index (χ0n) is 20.8. The fourth-order valence-corrected chi connectivity index (χ4v) is 5.11. The maximum Gasteiger partial charge on any atom is 0.255 e. The van der Waals surface area contributed by atoms with E-state index < -0.39 is 11.9 Å². The van der Waals surface area contributed by atoms with Crippen LogP contribution in [0.15, 0.2) is 36.4 Å². The summed E-state index contributed by atoms with van der Waals surface area (Å²) in [6.45, 7) is 6.07. The van der Waals surface area contributed by atoms with Crippen LogP contribution in [-0.4, -0.2) is 67.4 Å². The van der Waals surface area contributed by atoms with Gasteiger partial charge in [0.05, 0.1) is 19.8 Å². The van der Waals surface area contributed by atoms with E-state index in [1.807, 2.05) is 24.3 Å². The third-order valence-electron chi connectivity index (χ3n) is 7.08. The van der Waals surface area contributed by atoms with Crippen molar-refractivity contribution in [2.45, 2.75) is 38.9 Å². The van der Waals surface area contributed by atoms with Crippen LogP contribution in [0.2, 0.25) is 0 Å². The summed E-state index contributed by atoms with van der Waals surface area (Å²) in [5, 5.41) is 8.40. The van der Waals surface area contributed by atoms with Crippen molar-refractivity contribution in [1.82, 2.24) is 15.5 Å². The van der Waals surface area contributed by atoms with Crippen LogP contribution in [0.3, 0.4) is 0 Å². The summed E-state index contributed by atoms with van der Waals surface area (Å²) in [5.74, 6) is -1.09. The molecule has 5 rings (SSSR count). The molecule has 3 aliphatic heterocycles. The molecule has 37 heavy (non-hydrogen) atoms. The van der Waals surface area contributed by atoms with Crippen molar-refractivity contribution in [3.05, 3.63) is 58.7 Å². The molecule has 4 amide bonds. The SMILES string of the molecule is Cc1cc(NCC(=O)NCc2ccc3c(c2)CN(C2CCC(=O)NC2=O)C3=O)ccc1N1CCOCC1. The maximum atomic E-state index is 12.8. The zero-order chi connectivity index (χ0) is 25.9. The lowest BCUT2D eigenvalue weighted by molar-refractivity contribution is -0.137. The van der Waals surface area contributed by atoms with Gasteiger partial charge in [0.25, 0.3) is 5.91 Å². The number of aryl methyl sites for hydroxylation is 1. The number of anilines is 2. The molecule has 194 valence electrons.